The standard InChI is InChI=1S/C19H25ClN4O2/c20-15-9-13(4-6-17(15)23-7-1-2-8-23)22-18(25)19(26)24-10-12-3-5-16(21)14(12)11-24/h4,6,9,12,14,16H,1-3,5,7-8,10-11,21H2,(H,22,25). The first-order chi connectivity index (χ1) is 12.5. The largest absolute Gasteiger partial charge is 0.370 e. The van der Waals surface area contributed by atoms with Crippen molar-refractivity contribution in [3.8, 4) is 0 Å². The van der Waals surface area contributed by atoms with E-state index in [4.69, 9.17) is 17.3 Å². The molecular formula is C19H25ClN4O2. The highest BCUT2D eigenvalue weighted by Gasteiger charge is 2.43. The molecule has 2 heterocycles. The number of hydrogen-bond donors (Lipinski definition) is 2. The summed E-state index contributed by atoms with van der Waals surface area (Å²) < 4.78 is 0. The molecule has 0 bridgehead atoms. The minimum Gasteiger partial charge on any atom is -0.370 e. The van der Waals surface area contributed by atoms with Crippen LogP contribution in [0.3, 0.4) is 0 Å². The van der Waals surface area contributed by atoms with Crippen LogP contribution in [0.2, 0.25) is 5.02 Å². The van der Waals surface area contributed by atoms with Crippen molar-refractivity contribution in [3.63, 3.8) is 0 Å². The molecule has 2 aliphatic heterocycles. The van der Waals surface area contributed by atoms with Crippen LogP contribution in [0.1, 0.15) is 25.7 Å². The molecule has 140 valence electrons. The van der Waals surface area contributed by atoms with Crippen LogP contribution in [-0.2, 0) is 9.59 Å². The SMILES string of the molecule is NC1CCC2CN(C(=O)C(=O)Nc3ccc(N4CCCC4)c(Cl)c3)CC12. The topological polar surface area (TPSA) is 78.7 Å². The summed E-state index contributed by atoms with van der Waals surface area (Å²) >= 11 is 6.38. The van der Waals surface area contributed by atoms with Gasteiger partial charge in [0, 0.05) is 37.9 Å². The van der Waals surface area contributed by atoms with Crippen molar-refractivity contribution in [2.45, 2.75) is 31.7 Å². The molecule has 3 fully saturated rings. The molecule has 7 heteroatoms. The van der Waals surface area contributed by atoms with Gasteiger partial charge in [0.15, 0.2) is 0 Å². The van der Waals surface area contributed by atoms with Crippen molar-refractivity contribution in [2.24, 2.45) is 17.6 Å². The summed E-state index contributed by atoms with van der Waals surface area (Å²) in [4.78, 5) is 28.7. The number of likely N-dealkylation sites (tertiary alicyclic amines) is 1. The van der Waals surface area contributed by atoms with E-state index in [1.807, 2.05) is 6.07 Å². The Labute approximate surface area is 158 Å². The molecule has 1 aromatic carbocycles. The average molecular weight is 377 g/mol. The molecule has 3 aliphatic rings. The number of nitrogens with two attached hydrogens (primary N) is 1. The Bertz CT molecular complexity index is 719. The molecule has 1 aliphatic carbocycles. The number of halogens is 1. The second-order valence-electron chi connectivity index (χ2n) is 7.69. The van der Waals surface area contributed by atoms with Gasteiger partial charge < -0.3 is 20.9 Å². The summed E-state index contributed by atoms with van der Waals surface area (Å²) in [5, 5.41) is 3.29. The summed E-state index contributed by atoms with van der Waals surface area (Å²) in [7, 11) is 0. The second-order valence-corrected chi connectivity index (χ2v) is 8.10. The quantitative estimate of drug-likeness (QED) is 0.774. The van der Waals surface area contributed by atoms with Crippen molar-refractivity contribution in [1.82, 2.24) is 4.90 Å². The number of benzene rings is 1. The van der Waals surface area contributed by atoms with Gasteiger partial charge in [-0.1, -0.05) is 11.6 Å². The van der Waals surface area contributed by atoms with E-state index in [1.54, 1.807) is 17.0 Å². The number of nitrogens with one attached hydrogen (secondary N) is 1. The number of carbonyl (C=O) groups excluding carboxylic acids is 2. The monoisotopic (exact) mass is 376 g/mol. The van der Waals surface area contributed by atoms with Crippen LogP contribution in [0.5, 0.6) is 0 Å². The van der Waals surface area contributed by atoms with E-state index in [0.717, 1.165) is 31.6 Å². The van der Waals surface area contributed by atoms with Crippen LogP contribution in [0.15, 0.2) is 18.2 Å². The molecule has 0 aromatic heterocycles. The van der Waals surface area contributed by atoms with Gasteiger partial charge in [0.25, 0.3) is 0 Å². The Hall–Kier alpha value is -1.79. The average Bonchev–Trinajstić information content (AvgIpc) is 3.34. The van der Waals surface area contributed by atoms with Gasteiger partial charge in [0.05, 0.1) is 10.7 Å². The minimum atomic E-state index is -0.608. The lowest BCUT2D eigenvalue weighted by molar-refractivity contribution is -0.142. The molecule has 6 nitrogen and oxygen atoms in total. The summed E-state index contributed by atoms with van der Waals surface area (Å²) in [6.07, 6.45) is 4.41. The second kappa shape index (κ2) is 7.08. The number of hydrogen-bond acceptors (Lipinski definition) is 4. The van der Waals surface area contributed by atoms with Crippen molar-refractivity contribution in [1.29, 1.82) is 0 Å². The summed E-state index contributed by atoms with van der Waals surface area (Å²) in [6.45, 7) is 3.23. The third-order valence-corrected chi connectivity index (χ3v) is 6.35. The van der Waals surface area contributed by atoms with Crippen LogP contribution in [0.25, 0.3) is 0 Å². The van der Waals surface area contributed by atoms with Crippen molar-refractivity contribution in [3.05, 3.63) is 23.2 Å². The highest BCUT2D eigenvalue weighted by atomic mass is 35.5. The normalized spacial score (nSPS) is 27.7. The molecule has 2 saturated heterocycles. The van der Waals surface area contributed by atoms with Gasteiger partial charge >= 0.3 is 11.8 Å². The molecule has 3 N–H and O–H groups in total. The highest BCUT2D eigenvalue weighted by Crippen LogP contribution is 2.37. The fourth-order valence-electron chi connectivity index (χ4n) is 4.60. The van der Waals surface area contributed by atoms with Crippen LogP contribution >= 0.6 is 11.6 Å². The zero-order valence-corrected chi connectivity index (χ0v) is 15.5. The number of anilines is 2. The molecule has 1 saturated carbocycles. The lowest BCUT2D eigenvalue weighted by atomic mass is 9.98. The van der Waals surface area contributed by atoms with Crippen molar-refractivity contribution < 1.29 is 9.59 Å². The van der Waals surface area contributed by atoms with Gasteiger partial charge in [0.1, 0.15) is 0 Å². The third kappa shape index (κ3) is 3.28. The Kier molecular flexibility index (Phi) is 4.80. The van der Waals surface area contributed by atoms with Crippen LogP contribution in [0.4, 0.5) is 11.4 Å². The summed E-state index contributed by atoms with van der Waals surface area (Å²) in [5.74, 6) is -0.313. The maximum Gasteiger partial charge on any atom is 0.313 e. The van der Waals surface area contributed by atoms with E-state index < -0.39 is 11.8 Å². The molecule has 0 spiro atoms. The van der Waals surface area contributed by atoms with Crippen molar-refractivity contribution >= 4 is 34.8 Å². The number of carbonyl (C=O) groups is 2. The predicted molar refractivity (Wildman–Crippen MR) is 102 cm³/mol. The van der Waals surface area contributed by atoms with E-state index in [1.165, 1.54) is 12.8 Å². The fraction of sp³-hybridized carbons (Fsp3) is 0.579. The zero-order chi connectivity index (χ0) is 18.3. The molecule has 26 heavy (non-hydrogen) atoms. The fourth-order valence-corrected chi connectivity index (χ4v) is 4.90. The Morgan fingerprint density at radius 2 is 1.92 bits per heavy atom. The minimum absolute atomic E-state index is 0.151. The first-order valence-corrected chi connectivity index (χ1v) is 9.81. The lowest BCUT2D eigenvalue weighted by Crippen LogP contribution is -2.40. The summed E-state index contributed by atoms with van der Waals surface area (Å²) in [6, 6.07) is 5.58. The predicted octanol–water partition coefficient (Wildman–Crippen LogP) is 2.07. The molecule has 1 aromatic rings. The number of fused-ring (bicyclic) bond motifs is 1. The molecule has 2 amide bonds. The van der Waals surface area contributed by atoms with E-state index in [9.17, 15) is 9.59 Å². The van der Waals surface area contributed by atoms with Crippen LogP contribution in [0, 0.1) is 11.8 Å². The van der Waals surface area contributed by atoms with Gasteiger partial charge in [-0.2, -0.15) is 0 Å². The Morgan fingerprint density at radius 3 is 2.62 bits per heavy atom. The molecular weight excluding hydrogens is 352 g/mol. The molecule has 3 unspecified atom stereocenters. The Balaban J connectivity index is 1.38. The van der Waals surface area contributed by atoms with Crippen molar-refractivity contribution in [2.75, 3.05) is 36.4 Å². The first kappa shape index (κ1) is 17.6. The van der Waals surface area contributed by atoms with Crippen LogP contribution < -0.4 is 16.0 Å². The molecule has 3 atom stereocenters. The molecule has 0 radical (unpaired) electrons. The smallest absolute Gasteiger partial charge is 0.313 e. The zero-order valence-electron chi connectivity index (χ0n) is 14.8. The van der Waals surface area contributed by atoms with Gasteiger partial charge in [-0.15, -0.1) is 0 Å². The Morgan fingerprint density at radius 1 is 1.15 bits per heavy atom. The first-order valence-electron chi connectivity index (χ1n) is 9.43. The van der Waals surface area contributed by atoms with Gasteiger partial charge in [-0.3, -0.25) is 9.59 Å². The van der Waals surface area contributed by atoms with E-state index in [-0.39, 0.29) is 6.04 Å². The maximum atomic E-state index is 12.5. The highest BCUT2D eigenvalue weighted by molar-refractivity contribution is 6.40. The van der Waals surface area contributed by atoms with Gasteiger partial charge in [-0.05, 0) is 55.7 Å². The third-order valence-electron chi connectivity index (χ3n) is 6.05. The van der Waals surface area contributed by atoms with Gasteiger partial charge in [-0.25, -0.2) is 0 Å². The number of amides is 2. The lowest BCUT2D eigenvalue weighted by Gasteiger charge is -2.20. The van der Waals surface area contributed by atoms with Crippen LogP contribution in [-0.4, -0.2) is 48.9 Å². The number of rotatable bonds is 2. The maximum absolute atomic E-state index is 12.5. The molecule has 4 rings (SSSR count). The van der Waals surface area contributed by atoms with E-state index in [0.29, 0.717) is 35.6 Å². The van der Waals surface area contributed by atoms with E-state index in [2.05, 4.69) is 10.2 Å². The number of nitrogens with zero attached hydrogens (tertiary/aromatic N) is 2. The van der Waals surface area contributed by atoms with E-state index >= 15 is 0 Å². The van der Waals surface area contributed by atoms with Gasteiger partial charge in [0.2, 0.25) is 0 Å². The summed E-state index contributed by atoms with van der Waals surface area (Å²) in [5.41, 5.74) is 7.64.